The van der Waals surface area contributed by atoms with Gasteiger partial charge >= 0.3 is 0 Å². The van der Waals surface area contributed by atoms with Crippen LogP contribution in [-0.2, 0) is 6.42 Å². The van der Waals surface area contributed by atoms with Gasteiger partial charge in [-0.25, -0.2) is 4.98 Å². The first-order chi connectivity index (χ1) is 10.3. The summed E-state index contributed by atoms with van der Waals surface area (Å²) in [7, 11) is 0. The van der Waals surface area contributed by atoms with Crippen LogP contribution in [0.4, 0.5) is 0 Å². The lowest BCUT2D eigenvalue weighted by molar-refractivity contribution is 1.05. The molecule has 0 saturated heterocycles. The van der Waals surface area contributed by atoms with Crippen molar-refractivity contribution >= 4 is 21.7 Å². The normalized spacial score (nSPS) is 11.3. The minimum atomic E-state index is 0.929. The highest BCUT2D eigenvalue weighted by molar-refractivity contribution is 5.85. The number of fused-ring (bicyclic) bond motifs is 2. The van der Waals surface area contributed by atoms with Gasteiger partial charge in [-0.2, -0.15) is 0 Å². The highest BCUT2D eigenvalue weighted by Gasteiger charge is 2.05. The number of aryl methyl sites for hydroxylation is 1. The third-order valence-electron chi connectivity index (χ3n) is 3.92. The molecule has 0 N–H and O–H groups in total. The van der Waals surface area contributed by atoms with Crippen molar-refractivity contribution < 1.29 is 0 Å². The Balaban J connectivity index is 1.93. The van der Waals surface area contributed by atoms with Crippen LogP contribution in [0.2, 0.25) is 0 Å². The molecule has 0 amide bonds. The molecule has 4 rings (SSSR count). The van der Waals surface area contributed by atoms with E-state index < -0.39 is 0 Å². The number of pyridine rings is 2. The van der Waals surface area contributed by atoms with Crippen LogP contribution in [0.15, 0.2) is 61.2 Å². The zero-order chi connectivity index (χ0) is 14.2. The maximum absolute atomic E-state index is 4.59. The summed E-state index contributed by atoms with van der Waals surface area (Å²) in [6.07, 6.45) is 8.72. The van der Waals surface area contributed by atoms with Crippen LogP contribution in [0.1, 0.15) is 12.5 Å². The number of benzene rings is 1. The van der Waals surface area contributed by atoms with Gasteiger partial charge in [-0.1, -0.05) is 25.1 Å². The molecule has 3 aromatic heterocycles. The van der Waals surface area contributed by atoms with Gasteiger partial charge in [0.15, 0.2) is 0 Å². The molecule has 0 aliphatic heterocycles. The van der Waals surface area contributed by atoms with Gasteiger partial charge in [0.05, 0.1) is 11.7 Å². The van der Waals surface area contributed by atoms with Crippen molar-refractivity contribution in [3.8, 4) is 5.82 Å². The molecule has 0 fully saturated rings. The molecule has 1 aromatic carbocycles. The maximum atomic E-state index is 4.59. The van der Waals surface area contributed by atoms with Crippen molar-refractivity contribution in [1.29, 1.82) is 0 Å². The average Bonchev–Trinajstić information content (AvgIpc) is 2.98. The van der Waals surface area contributed by atoms with Crippen molar-refractivity contribution in [3.63, 3.8) is 0 Å². The van der Waals surface area contributed by atoms with E-state index in [0.29, 0.717) is 0 Å². The Bertz CT molecular complexity index is 937. The van der Waals surface area contributed by atoms with E-state index in [9.17, 15) is 0 Å². The van der Waals surface area contributed by atoms with Crippen molar-refractivity contribution in [2.75, 3.05) is 0 Å². The van der Waals surface area contributed by atoms with Crippen molar-refractivity contribution in [3.05, 3.63) is 66.7 Å². The molecule has 3 nitrogen and oxygen atoms in total. The van der Waals surface area contributed by atoms with Crippen LogP contribution in [0.3, 0.4) is 0 Å². The van der Waals surface area contributed by atoms with Crippen LogP contribution in [-0.4, -0.2) is 14.5 Å². The van der Waals surface area contributed by atoms with Gasteiger partial charge in [-0.3, -0.25) is 9.55 Å². The predicted octanol–water partition coefficient (Wildman–Crippen LogP) is 4.14. The average molecular weight is 273 g/mol. The second-order valence-corrected chi connectivity index (χ2v) is 5.20. The number of aromatic nitrogens is 3. The minimum Gasteiger partial charge on any atom is -0.300 e. The molecule has 0 radical (unpaired) electrons. The Morgan fingerprint density at radius 3 is 2.81 bits per heavy atom. The van der Waals surface area contributed by atoms with Crippen molar-refractivity contribution in [1.82, 2.24) is 14.5 Å². The molecule has 0 aliphatic rings. The number of rotatable bonds is 2. The Labute approximate surface area is 122 Å². The highest BCUT2D eigenvalue weighted by Crippen LogP contribution is 2.22. The van der Waals surface area contributed by atoms with E-state index in [4.69, 9.17) is 0 Å². The second kappa shape index (κ2) is 4.70. The van der Waals surface area contributed by atoms with Gasteiger partial charge in [-0.15, -0.1) is 0 Å². The van der Waals surface area contributed by atoms with E-state index >= 15 is 0 Å². The second-order valence-electron chi connectivity index (χ2n) is 5.20. The molecular formula is C18H15N3. The minimum absolute atomic E-state index is 0.929. The number of hydrogen-bond acceptors (Lipinski definition) is 2. The maximum Gasteiger partial charge on any atom is 0.137 e. The summed E-state index contributed by atoms with van der Waals surface area (Å²) in [5.41, 5.74) is 2.43. The Hall–Kier alpha value is -2.68. The summed E-state index contributed by atoms with van der Waals surface area (Å²) in [6.45, 7) is 2.17. The van der Waals surface area contributed by atoms with Crippen LogP contribution < -0.4 is 0 Å². The summed E-state index contributed by atoms with van der Waals surface area (Å²) >= 11 is 0. The van der Waals surface area contributed by atoms with E-state index in [1.807, 2.05) is 30.9 Å². The Morgan fingerprint density at radius 1 is 0.952 bits per heavy atom. The fourth-order valence-corrected chi connectivity index (χ4v) is 2.70. The SMILES string of the molecule is CCc1ccc2cnc(-n3ccc4ccncc43)cc2c1. The Kier molecular flexibility index (Phi) is 2.71. The van der Waals surface area contributed by atoms with Gasteiger partial charge in [0.2, 0.25) is 0 Å². The first-order valence-electron chi connectivity index (χ1n) is 7.15. The zero-order valence-corrected chi connectivity index (χ0v) is 11.8. The lowest BCUT2D eigenvalue weighted by Gasteiger charge is -2.07. The molecule has 0 bridgehead atoms. The van der Waals surface area contributed by atoms with E-state index in [0.717, 1.165) is 17.8 Å². The molecule has 21 heavy (non-hydrogen) atoms. The molecule has 0 aliphatic carbocycles. The first-order valence-corrected chi connectivity index (χ1v) is 7.15. The molecular weight excluding hydrogens is 258 g/mol. The number of hydrogen-bond donors (Lipinski definition) is 0. The third-order valence-corrected chi connectivity index (χ3v) is 3.92. The van der Waals surface area contributed by atoms with Crippen molar-refractivity contribution in [2.45, 2.75) is 13.3 Å². The molecule has 0 atom stereocenters. The topological polar surface area (TPSA) is 30.7 Å². The quantitative estimate of drug-likeness (QED) is 0.549. The Morgan fingerprint density at radius 2 is 1.90 bits per heavy atom. The monoisotopic (exact) mass is 273 g/mol. The van der Waals surface area contributed by atoms with E-state index in [-0.39, 0.29) is 0 Å². The molecule has 102 valence electrons. The van der Waals surface area contributed by atoms with Gasteiger partial charge < -0.3 is 0 Å². The number of nitrogens with zero attached hydrogens (tertiary/aromatic N) is 3. The largest absolute Gasteiger partial charge is 0.300 e. The highest BCUT2D eigenvalue weighted by atomic mass is 15.1. The zero-order valence-electron chi connectivity index (χ0n) is 11.8. The van der Waals surface area contributed by atoms with Crippen molar-refractivity contribution in [2.24, 2.45) is 0 Å². The van der Waals surface area contributed by atoms with Gasteiger partial charge in [0.1, 0.15) is 5.82 Å². The lowest BCUT2D eigenvalue weighted by atomic mass is 10.1. The summed E-state index contributed by atoms with van der Waals surface area (Å²) in [5.74, 6) is 0.929. The fraction of sp³-hybridized carbons (Fsp3) is 0.111. The standard InChI is InChI=1S/C18H15N3/c1-2-13-3-4-15-11-20-18(10-16(15)9-13)21-8-6-14-5-7-19-12-17(14)21/h3-12H,2H2,1H3. The van der Waals surface area contributed by atoms with Gasteiger partial charge in [-0.05, 0) is 35.6 Å². The molecule has 0 spiro atoms. The summed E-state index contributed by atoms with van der Waals surface area (Å²) in [6, 6.07) is 12.8. The predicted molar refractivity (Wildman–Crippen MR) is 85.7 cm³/mol. The van der Waals surface area contributed by atoms with Crippen LogP contribution >= 0.6 is 0 Å². The van der Waals surface area contributed by atoms with E-state index in [2.05, 4.69) is 51.8 Å². The molecule has 3 heteroatoms. The van der Waals surface area contributed by atoms with Crippen LogP contribution in [0, 0.1) is 0 Å². The first kappa shape index (κ1) is 12.1. The summed E-state index contributed by atoms with van der Waals surface area (Å²) in [4.78, 5) is 8.80. The fourth-order valence-electron chi connectivity index (χ4n) is 2.70. The smallest absolute Gasteiger partial charge is 0.137 e. The van der Waals surface area contributed by atoms with Gasteiger partial charge in [0.25, 0.3) is 0 Å². The lowest BCUT2D eigenvalue weighted by Crippen LogP contribution is -1.96. The molecule has 0 unspecified atom stereocenters. The van der Waals surface area contributed by atoms with E-state index in [1.165, 1.54) is 21.7 Å². The van der Waals surface area contributed by atoms with Crippen LogP contribution in [0.25, 0.3) is 27.5 Å². The van der Waals surface area contributed by atoms with Gasteiger partial charge in [0, 0.05) is 29.4 Å². The van der Waals surface area contributed by atoms with Crippen LogP contribution in [0.5, 0.6) is 0 Å². The summed E-state index contributed by atoms with van der Waals surface area (Å²) < 4.78 is 2.08. The molecule has 0 saturated carbocycles. The summed E-state index contributed by atoms with van der Waals surface area (Å²) in [5, 5.41) is 3.57. The third kappa shape index (κ3) is 1.98. The molecule has 4 aromatic rings. The molecule has 3 heterocycles. The van der Waals surface area contributed by atoms with E-state index in [1.54, 1.807) is 0 Å².